The number of carbonyl (C=O) groups excluding carboxylic acids is 1. The van der Waals surface area contributed by atoms with Gasteiger partial charge in [0.2, 0.25) is 0 Å². The summed E-state index contributed by atoms with van der Waals surface area (Å²) in [6, 6.07) is 12.6. The summed E-state index contributed by atoms with van der Waals surface area (Å²) in [5, 5.41) is 22.7. The molecule has 0 heterocycles. The summed E-state index contributed by atoms with van der Waals surface area (Å²) in [4.78, 5) is 12.5. The first-order valence-corrected chi connectivity index (χ1v) is 8.73. The van der Waals surface area contributed by atoms with Crippen LogP contribution >= 0.6 is 0 Å². The van der Waals surface area contributed by atoms with Crippen molar-refractivity contribution in [1.82, 2.24) is 5.32 Å². The molecule has 0 aromatic heterocycles. The van der Waals surface area contributed by atoms with Crippen LogP contribution in [0.15, 0.2) is 48.5 Å². The summed E-state index contributed by atoms with van der Waals surface area (Å²) in [6.45, 7) is 2.27. The molecule has 0 fully saturated rings. The summed E-state index contributed by atoms with van der Waals surface area (Å²) in [6.07, 6.45) is 0.923. The van der Waals surface area contributed by atoms with Gasteiger partial charge in [-0.25, -0.2) is 0 Å². The molecular formula is C20H26N2O4. The highest BCUT2D eigenvalue weighted by molar-refractivity contribution is 5.94. The Morgan fingerprint density at radius 1 is 1.23 bits per heavy atom. The van der Waals surface area contributed by atoms with E-state index < -0.39 is 18.8 Å². The molecule has 0 radical (unpaired) electrons. The maximum atomic E-state index is 12.5. The van der Waals surface area contributed by atoms with E-state index >= 15 is 0 Å². The van der Waals surface area contributed by atoms with Gasteiger partial charge in [-0.15, -0.1) is 0 Å². The lowest BCUT2D eigenvalue weighted by Crippen LogP contribution is -2.42. The van der Waals surface area contributed by atoms with Crippen molar-refractivity contribution in [3.8, 4) is 5.75 Å². The van der Waals surface area contributed by atoms with Gasteiger partial charge in [0.1, 0.15) is 11.9 Å². The lowest BCUT2D eigenvalue weighted by atomic mass is 10.0. The summed E-state index contributed by atoms with van der Waals surface area (Å²) in [7, 11) is 0. The highest BCUT2D eigenvalue weighted by Gasteiger charge is 2.23. The molecule has 0 aliphatic heterocycles. The molecule has 2 aromatic rings. The zero-order valence-electron chi connectivity index (χ0n) is 14.9. The standard InChI is InChI=1S/C20H26N2O4/c1-2-3-11-26-17-6-4-5-15(12-17)20(25)22-18(13-23)19(24)14-7-9-16(21)10-8-14/h4-10,12,18-19,23-24H,2-3,11,13,21H2,1H3,(H,22,25). The number of ether oxygens (including phenoxy) is 1. The number of nitrogens with one attached hydrogen (secondary N) is 1. The van der Waals surface area contributed by atoms with E-state index in [4.69, 9.17) is 10.5 Å². The highest BCUT2D eigenvalue weighted by atomic mass is 16.5. The SMILES string of the molecule is CCCCOc1cccc(C(=O)NC(CO)C(O)c2ccc(N)cc2)c1. The molecule has 2 unspecified atom stereocenters. The number of aliphatic hydroxyl groups excluding tert-OH is 2. The van der Waals surface area contributed by atoms with Gasteiger partial charge in [-0.2, -0.15) is 0 Å². The largest absolute Gasteiger partial charge is 0.494 e. The average Bonchev–Trinajstić information content (AvgIpc) is 2.66. The first-order valence-electron chi connectivity index (χ1n) is 8.73. The van der Waals surface area contributed by atoms with Crippen molar-refractivity contribution >= 4 is 11.6 Å². The Hall–Kier alpha value is -2.57. The maximum absolute atomic E-state index is 12.5. The molecule has 2 rings (SSSR count). The number of carbonyl (C=O) groups is 1. The Morgan fingerprint density at radius 3 is 2.62 bits per heavy atom. The molecule has 1 amide bonds. The third-order valence-corrected chi connectivity index (χ3v) is 4.04. The van der Waals surface area contributed by atoms with E-state index in [1.54, 1.807) is 48.5 Å². The fourth-order valence-corrected chi connectivity index (χ4v) is 2.46. The fourth-order valence-electron chi connectivity index (χ4n) is 2.46. The van der Waals surface area contributed by atoms with Crippen LogP contribution in [0.25, 0.3) is 0 Å². The molecule has 2 aromatic carbocycles. The Kier molecular flexibility index (Phi) is 7.44. The second kappa shape index (κ2) is 9.79. The van der Waals surface area contributed by atoms with Gasteiger partial charge in [-0.3, -0.25) is 4.79 Å². The zero-order valence-corrected chi connectivity index (χ0v) is 14.9. The lowest BCUT2D eigenvalue weighted by Gasteiger charge is -2.23. The normalized spacial score (nSPS) is 13.0. The number of unbranched alkanes of at least 4 members (excludes halogenated alkanes) is 1. The Balaban J connectivity index is 2.04. The zero-order chi connectivity index (χ0) is 18.9. The second-order valence-electron chi connectivity index (χ2n) is 6.10. The molecule has 0 saturated carbocycles. The maximum Gasteiger partial charge on any atom is 0.251 e. The lowest BCUT2D eigenvalue weighted by molar-refractivity contribution is 0.0703. The molecule has 6 nitrogen and oxygen atoms in total. The minimum absolute atomic E-state index is 0.389. The predicted octanol–water partition coefficient (Wildman–Crippen LogP) is 2.27. The first-order chi connectivity index (χ1) is 12.5. The number of aliphatic hydroxyl groups is 2. The van der Waals surface area contributed by atoms with Gasteiger partial charge in [-0.1, -0.05) is 31.5 Å². The topological polar surface area (TPSA) is 105 Å². The predicted molar refractivity (Wildman–Crippen MR) is 101 cm³/mol. The third kappa shape index (κ3) is 5.47. The van der Waals surface area contributed by atoms with E-state index in [9.17, 15) is 15.0 Å². The van der Waals surface area contributed by atoms with Crippen LogP contribution in [0.5, 0.6) is 5.75 Å². The van der Waals surface area contributed by atoms with Crippen LogP contribution in [0.4, 0.5) is 5.69 Å². The smallest absolute Gasteiger partial charge is 0.251 e. The van der Waals surface area contributed by atoms with Crippen LogP contribution < -0.4 is 15.8 Å². The van der Waals surface area contributed by atoms with E-state index in [0.717, 1.165) is 12.8 Å². The summed E-state index contributed by atoms with van der Waals surface area (Å²) in [5.41, 5.74) is 7.18. The van der Waals surface area contributed by atoms with Crippen LogP contribution in [0.3, 0.4) is 0 Å². The highest BCUT2D eigenvalue weighted by Crippen LogP contribution is 2.19. The third-order valence-electron chi connectivity index (χ3n) is 4.04. The van der Waals surface area contributed by atoms with Crippen LogP contribution in [-0.4, -0.2) is 35.4 Å². The number of hydrogen-bond acceptors (Lipinski definition) is 5. The van der Waals surface area contributed by atoms with E-state index in [1.807, 2.05) is 0 Å². The van der Waals surface area contributed by atoms with E-state index in [-0.39, 0.29) is 5.91 Å². The van der Waals surface area contributed by atoms with E-state index in [0.29, 0.717) is 29.2 Å². The summed E-state index contributed by atoms with van der Waals surface area (Å²) >= 11 is 0. The number of anilines is 1. The van der Waals surface area contributed by atoms with Crippen molar-refractivity contribution in [2.75, 3.05) is 18.9 Å². The number of nitrogens with two attached hydrogens (primary N) is 1. The molecule has 6 heteroatoms. The molecule has 0 saturated heterocycles. The van der Waals surface area contributed by atoms with E-state index in [2.05, 4.69) is 12.2 Å². The summed E-state index contributed by atoms with van der Waals surface area (Å²) in [5.74, 6) is 0.227. The Labute approximate surface area is 153 Å². The van der Waals surface area contributed by atoms with Gasteiger partial charge >= 0.3 is 0 Å². The van der Waals surface area contributed by atoms with Crippen molar-refractivity contribution < 1.29 is 19.7 Å². The van der Waals surface area contributed by atoms with Crippen molar-refractivity contribution in [1.29, 1.82) is 0 Å². The monoisotopic (exact) mass is 358 g/mol. The van der Waals surface area contributed by atoms with Gasteiger partial charge in [0, 0.05) is 11.3 Å². The van der Waals surface area contributed by atoms with Crippen LogP contribution in [0, 0.1) is 0 Å². The minimum atomic E-state index is -1.05. The van der Waals surface area contributed by atoms with Crippen LogP contribution in [0.1, 0.15) is 41.8 Å². The molecule has 0 aliphatic rings. The molecular weight excluding hydrogens is 332 g/mol. The van der Waals surface area contributed by atoms with Crippen LogP contribution in [-0.2, 0) is 0 Å². The number of hydrogen-bond donors (Lipinski definition) is 4. The van der Waals surface area contributed by atoms with Crippen molar-refractivity contribution in [3.05, 3.63) is 59.7 Å². The molecule has 5 N–H and O–H groups in total. The molecule has 2 atom stereocenters. The van der Waals surface area contributed by atoms with Crippen LogP contribution in [0.2, 0.25) is 0 Å². The molecule has 0 bridgehead atoms. The van der Waals surface area contributed by atoms with Gasteiger partial charge in [0.05, 0.1) is 19.3 Å². The molecule has 0 spiro atoms. The Morgan fingerprint density at radius 2 is 1.96 bits per heavy atom. The quantitative estimate of drug-likeness (QED) is 0.407. The molecule has 0 aliphatic carbocycles. The van der Waals surface area contributed by atoms with E-state index in [1.165, 1.54) is 0 Å². The van der Waals surface area contributed by atoms with Crippen molar-refractivity contribution in [2.24, 2.45) is 0 Å². The van der Waals surface area contributed by atoms with Crippen molar-refractivity contribution in [2.45, 2.75) is 31.9 Å². The molecule has 26 heavy (non-hydrogen) atoms. The van der Waals surface area contributed by atoms with Gasteiger partial charge in [0.25, 0.3) is 5.91 Å². The van der Waals surface area contributed by atoms with Gasteiger partial charge in [0.15, 0.2) is 0 Å². The number of benzene rings is 2. The number of rotatable bonds is 9. The first kappa shape index (κ1) is 19.8. The fraction of sp³-hybridized carbons (Fsp3) is 0.350. The van der Waals surface area contributed by atoms with Gasteiger partial charge in [-0.05, 0) is 42.3 Å². The second-order valence-corrected chi connectivity index (χ2v) is 6.10. The number of amides is 1. The average molecular weight is 358 g/mol. The molecule has 140 valence electrons. The van der Waals surface area contributed by atoms with Gasteiger partial charge < -0.3 is 26.0 Å². The van der Waals surface area contributed by atoms with Crippen molar-refractivity contribution in [3.63, 3.8) is 0 Å². The minimum Gasteiger partial charge on any atom is -0.494 e. The summed E-state index contributed by atoms with van der Waals surface area (Å²) < 4.78 is 5.61. The number of nitrogen functional groups attached to an aromatic ring is 1. The Bertz CT molecular complexity index is 703.